The van der Waals surface area contributed by atoms with E-state index in [0.29, 0.717) is 0 Å². The van der Waals surface area contributed by atoms with Crippen LogP contribution in [0.25, 0.3) is 0 Å². The van der Waals surface area contributed by atoms with Gasteiger partial charge in [0.1, 0.15) is 0 Å². The Morgan fingerprint density at radius 3 is 0.750 bits per heavy atom. The first-order valence-electron chi connectivity index (χ1n) is 0. The zero-order valence-electron chi connectivity index (χ0n) is 1.69. The molecular weight excluding hydrogens is 119 g/mol. The quantitative estimate of drug-likeness (QED) is 0.401. The van der Waals surface area contributed by atoms with Crippen molar-refractivity contribution in [3.8, 4) is 0 Å². The van der Waals surface area contributed by atoms with E-state index in [1.807, 2.05) is 0 Å². The van der Waals surface area contributed by atoms with Gasteiger partial charge in [-0.05, 0) is 0 Å². The van der Waals surface area contributed by atoms with Crippen LogP contribution < -0.4 is 0 Å². The van der Waals surface area contributed by atoms with Gasteiger partial charge in [-0.15, -0.1) is 0 Å². The Balaban J connectivity index is 0. The Hall–Kier alpha value is 0.789. The summed E-state index contributed by atoms with van der Waals surface area (Å²) >= 11 is 0. The van der Waals surface area contributed by atoms with Crippen molar-refractivity contribution < 1.29 is 28.0 Å². The monoisotopic (exact) mass is 121 g/mol. The van der Waals surface area contributed by atoms with Gasteiger partial charge in [0.2, 0.25) is 0 Å². The number of hydrogen-bond donors (Lipinski definition) is 0. The van der Waals surface area contributed by atoms with Crippen molar-refractivity contribution >= 4 is 13.5 Å². The fourth-order valence-electron chi connectivity index (χ4n) is 0. The molecule has 0 fully saturated rings. The van der Waals surface area contributed by atoms with E-state index in [4.69, 9.17) is 0 Å². The fourth-order valence-corrected chi connectivity index (χ4v) is 0. The van der Waals surface area contributed by atoms with Crippen molar-refractivity contribution in [1.29, 1.82) is 0 Å². The van der Waals surface area contributed by atoms with Gasteiger partial charge in [-0.3, -0.25) is 0 Å². The molecule has 0 atom stereocenters. The number of hydrogen-bond acceptors (Lipinski definition) is 0. The van der Waals surface area contributed by atoms with Crippen LogP contribution in [0.15, 0.2) is 0 Å². The van der Waals surface area contributed by atoms with Crippen molar-refractivity contribution in [3.05, 3.63) is 0 Å². The maximum absolute atomic E-state index is 0. The summed E-state index contributed by atoms with van der Waals surface area (Å²) in [4.78, 5) is 0. The molecule has 0 bridgehead atoms. The van der Waals surface area contributed by atoms with Crippen molar-refractivity contribution in [3.63, 3.8) is 0 Å². The normalized spacial score (nSPS) is 0. The van der Waals surface area contributed by atoms with E-state index in [0.717, 1.165) is 0 Å². The molecule has 0 aromatic rings. The van der Waals surface area contributed by atoms with Crippen LogP contribution >= 0.6 is 13.5 Å². The average Bonchev–Trinajstić information content (AvgIpc) is 0. The van der Waals surface area contributed by atoms with E-state index in [1.165, 1.54) is 0 Å². The molecule has 0 rings (SSSR count). The van der Waals surface area contributed by atoms with Crippen LogP contribution in [-0.2, 0) is 28.0 Å². The third-order valence-electron chi connectivity index (χ3n) is 0. The molecule has 0 saturated heterocycles. The average molecular weight is 121 g/mol. The van der Waals surface area contributed by atoms with Gasteiger partial charge in [0.25, 0.3) is 0 Å². The third-order valence-corrected chi connectivity index (χ3v) is 0. The molecule has 27 valence electrons. The van der Waals surface area contributed by atoms with Crippen molar-refractivity contribution in [1.82, 2.24) is 0 Å². The minimum absolute atomic E-state index is 0. The fraction of sp³-hybridized carbons (Fsp3) is 0. The van der Waals surface area contributed by atoms with Gasteiger partial charge >= 0.3 is 17.1 Å². The Morgan fingerprint density at radius 2 is 0.750 bits per heavy atom. The van der Waals surface area contributed by atoms with Gasteiger partial charge in [-0.2, -0.15) is 13.5 Å². The summed E-state index contributed by atoms with van der Waals surface area (Å²) in [6.45, 7) is 0. The van der Waals surface area contributed by atoms with Gasteiger partial charge in [0.05, 0.1) is 0 Å². The Labute approximate surface area is 42.1 Å². The van der Waals surface area contributed by atoms with E-state index >= 15 is 0 Å². The minimum Gasteiger partial charge on any atom is -2.00 e. The van der Waals surface area contributed by atoms with Gasteiger partial charge in [-0.25, -0.2) is 0 Å². The maximum atomic E-state index is 0. The van der Waals surface area contributed by atoms with Gasteiger partial charge < -0.3 is 11.0 Å². The molecule has 0 aromatic carbocycles. The summed E-state index contributed by atoms with van der Waals surface area (Å²) in [6.07, 6.45) is 0. The Bertz CT molecular complexity index is 6.00. The smallest absolute Gasteiger partial charge is 2.00 e. The molecule has 0 aromatic heterocycles. The minimum atomic E-state index is 0. The molecule has 4 heteroatoms. The molecular formula is H2MnO2S. The summed E-state index contributed by atoms with van der Waals surface area (Å²) in [6, 6.07) is 0. The summed E-state index contributed by atoms with van der Waals surface area (Å²) in [5, 5.41) is 0. The first-order valence-corrected chi connectivity index (χ1v) is 0. The third kappa shape index (κ3) is 14.3. The second-order valence-corrected chi connectivity index (χ2v) is 0. The maximum Gasteiger partial charge on any atom is 4.00 e. The van der Waals surface area contributed by atoms with Crippen LogP contribution in [0.3, 0.4) is 0 Å². The molecule has 0 heterocycles. The first kappa shape index (κ1) is 110. The molecule has 4 heavy (non-hydrogen) atoms. The Morgan fingerprint density at radius 1 is 0.750 bits per heavy atom. The van der Waals surface area contributed by atoms with E-state index in [9.17, 15) is 0 Å². The molecule has 0 aliphatic carbocycles. The first-order chi connectivity index (χ1) is 0. The van der Waals surface area contributed by atoms with E-state index in [1.54, 1.807) is 0 Å². The molecule has 2 nitrogen and oxygen atoms in total. The van der Waals surface area contributed by atoms with E-state index < -0.39 is 0 Å². The van der Waals surface area contributed by atoms with E-state index in [-0.39, 0.29) is 41.5 Å². The second kappa shape index (κ2) is 47.3. The summed E-state index contributed by atoms with van der Waals surface area (Å²) in [5.74, 6) is 0. The topological polar surface area (TPSA) is 57.0 Å². The Kier molecular flexibility index (Phi) is 1310. The molecule has 0 spiro atoms. The largest absolute Gasteiger partial charge is 4.00 e. The van der Waals surface area contributed by atoms with Crippen LogP contribution in [-0.4, -0.2) is 0 Å². The SMILES string of the molecule is S.[Mn+4].[O-2].[O-2]. The van der Waals surface area contributed by atoms with Gasteiger partial charge in [-0.1, -0.05) is 0 Å². The van der Waals surface area contributed by atoms with Crippen LogP contribution in [0.4, 0.5) is 0 Å². The van der Waals surface area contributed by atoms with Gasteiger partial charge in [0.15, 0.2) is 0 Å². The van der Waals surface area contributed by atoms with Crippen molar-refractivity contribution in [2.24, 2.45) is 0 Å². The molecule has 0 saturated carbocycles. The molecule has 0 amide bonds. The van der Waals surface area contributed by atoms with Crippen molar-refractivity contribution in [2.45, 2.75) is 0 Å². The van der Waals surface area contributed by atoms with E-state index in [2.05, 4.69) is 0 Å². The van der Waals surface area contributed by atoms with Gasteiger partial charge in [0, 0.05) is 0 Å². The van der Waals surface area contributed by atoms with Crippen molar-refractivity contribution in [2.75, 3.05) is 0 Å². The molecule has 1 radical (unpaired) electrons. The van der Waals surface area contributed by atoms with Crippen LogP contribution in [0.1, 0.15) is 0 Å². The molecule has 0 aliphatic rings. The van der Waals surface area contributed by atoms with Crippen LogP contribution in [0, 0.1) is 0 Å². The predicted molar refractivity (Wildman–Crippen MR) is 11.8 cm³/mol. The summed E-state index contributed by atoms with van der Waals surface area (Å²) in [5.41, 5.74) is 0. The van der Waals surface area contributed by atoms with Crippen LogP contribution in [0.2, 0.25) is 0 Å². The molecule has 0 aliphatic heterocycles. The molecule has 0 unspecified atom stereocenters. The standard InChI is InChI=1S/Mn.2O.H2S/h;;;1H2/q+4;2*-2;. The second-order valence-electron chi connectivity index (χ2n) is 0. The summed E-state index contributed by atoms with van der Waals surface area (Å²) in [7, 11) is 0. The summed E-state index contributed by atoms with van der Waals surface area (Å²) < 4.78 is 0. The number of rotatable bonds is 0. The van der Waals surface area contributed by atoms with Crippen LogP contribution in [0.5, 0.6) is 0 Å². The zero-order chi connectivity index (χ0) is 0. The zero-order valence-corrected chi connectivity index (χ0v) is 3.87. The predicted octanol–water partition coefficient (Wildman–Crippen LogP) is -0.127. The molecule has 0 N–H and O–H groups in total.